The fraction of sp³-hybridized carbons (Fsp3) is 0.371. The number of aliphatic hydroxyl groups is 1. The van der Waals surface area contributed by atoms with E-state index < -0.39 is 12.1 Å². The van der Waals surface area contributed by atoms with E-state index in [0.29, 0.717) is 37.9 Å². The molecule has 0 bridgehead atoms. The maximum absolute atomic E-state index is 14.0. The Bertz CT molecular complexity index is 1500. The second kappa shape index (κ2) is 13.4. The summed E-state index contributed by atoms with van der Waals surface area (Å²) in [7, 11) is 3.93. The van der Waals surface area contributed by atoms with Gasteiger partial charge in [0.25, 0.3) is 0 Å². The molecule has 1 aliphatic rings. The SMILES string of the molecule is CC(CCN1c2ccc(C(=O)CCN(C)C)c3[nH]cc(c23)C[C@@H](CO)NC(=O)[C@@H]1Cc1ccccc1)c1ccccc1. The normalized spacial score (nSPS) is 17.9. The van der Waals surface area contributed by atoms with Crippen LogP contribution in [0.25, 0.3) is 10.9 Å². The number of carbonyl (C=O) groups excluding carboxylic acids is 2. The molecule has 0 fully saturated rings. The lowest BCUT2D eigenvalue weighted by Gasteiger charge is -2.35. The molecule has 5 rings (SSSR count). The zero-order valence-electron chi connectivity index (χ0n) is 24.8. The lowest BCUT2D eigenvalue weighted by atomic mass is 9.95. The van der Waals surface area contributed by atoms with Crippen LogP contribution in [-0.4, -0.2) is 72.6 Å². The van der Waals surface area contributed by atoms with Crippen molar-refractivity contribution < 1.29 is 14.7 Å². The molecule has 1 unspecified atom stereocenters. The van der Waals surface area contributed by atoms with Crippen molar-refractivity contribution in [2.24, 2.45) is 0 Å². The van der Waals surface area contributed by atoms with E-state index in [1.54, 1.807) is 0 Å². The number of carbonyl (C=O) groups is 2. The minimum Gasteiger partial charge on any atom is -0.394 e. The molecule has 1 aromatic heterocycles. The molecular weight excluding hydrogens is 524 g/mol. The van der Waals surface area contributed by atoms with E-state index in [2.05, 4.69) is 58.5 Å². The van der Waals surface area contributed by atoms with Gasteiger partial charge in [-0.15, -0.1) is 0 Å². The summed E-state index contributed by atoms with van der Waals surface area (Å²) in [6.45, 7) is 3.38. The van der Waals surface area contributed by atoms with E-state index >= 15 is 0 Å². The van der Waals surface area contributed by atoms with Crippen LogP contribution in [0.3, 0.4) is 0 Å². The molecule has 3 N–H and O–H groups in total. The van der Waals surface area contributed by atoms with Crippen LogP contribution < -0.4 is 10.2 Å². The van der Waals surface area contributed by atoms with Gasteiger partial charge >= 0.3 is 0 Å². The maximum atomic E-state index is 14.0. The standard InChI is InChI=1S/C35H42N4O3/c1-24(26-12-8-5-9-13-26)16-19-39-30-15-14-29(32(41)17-18-38(2)3)34-33(30)27(22-36-34)21-28(23-40)37-35(42)31(39)20-25-10-6-4-7-11-25/h4-15,22,24,28,31,36,40H,16-21,23H2,1-3H3,(H,37,42)/t24?,28-,31-/m0/s1. The second-order valence-corrected chi connectivity index (χ2v) is 11.8. The molecular formula is C35H42N4O3. The Morgan fingerprint density at radius 1 is 1.05 bits per heavy atom. The highest BCUT2D eigenvalue weighted by Gasteiger charge is 2.33. The summed E-state index contributed by atoms with van der Waals surface area (Å²) < 4.78 is 0. The Kier molecular flexibility index (Phi) is 9.40. The van der Waals surface area contributed by atoms with Crippen molar-refractivity contribution in [2.75, 3.05) is 38.7 Å². The second-order valence-electron chi connectivity index (χ2n) is 11.8. The van der Waals surface area contributed by atoms with E-state index in [4.69, 9.17) is 0 Å². The van der Waals surface area contributed by atoms with Gasteiger partial charge in [-0.25, -0.2) is 0 Å². The van der Waals surface area contributed by atoms with Crippen molar-refractivity contribution in [3.8, 4) is 0 Å². The van der Waals surface area contributed by atoms with E-state index in [1.807, 2.05) is 61.6 Å². The monoisotopic (exact) mass is 566 g/mol. The van der Waals surface area contributed by atoms with Crippen LogP contribution in [0.2, 0.25) is 0 Å². The number of rotatable bonds is 11. The third kappa shape index (κ3) is 6.58. The Morgan fingerprint density at radius 3 is 2.45 bits per heavy atom. The van der Waals surface area contributed by atoms with Gasteiger partial charge in [0, 0.05) is 48.8 Å². The van der Waals surface area contributed by atoms with Gasteiger partial charge in [-0.1, -0.05) is 67.6 Å². The lowest BCUT2D eigenvalue weighted by molar-refractivity contribution is -0.123. The molecule has 1 amide bonds. The molecule has 0 saturated carbocycles. The number of hydrogen-bond acceptors (Lipinski definition) is 5. The number of nitrogens with zero attached hydrogens (tertiary/aromatic N) is 2. The molecule has 0 spiro atoms. The minimum atomic E-state index is -0.497. The van der Waals surface area contributed by atoms with Crippen LogP contribution in [0.5, 0.6) is 0 Å². The zero-order chi connectivity index (χ0) is 29.6. The van der Waals surface area contributed by atoms with Crippen molar-refractivity contribution in [1.82, 2.24) is 15.2 Å². The van der Waals surface area contributed by atoms with Crippen molar-refractivity contribution in [2.45, 2.75) is 50.6 Å². The number of amides is 1. The first kappa shape index (κ1) is 29.5. The molecule has 3 aromatic carbocycles. The molecule has 7 heteroatoms. The van der Waals surface area contributed by atoms with Crippen LogP contribution in [0.1, 0.15) is 52.7 Å². The van der Waals surface area contributed by atoms with Crippen LogP contribution >= 0.6 is 0 Å². The number of aromatic amines is 1. The molecule has 0 saturated heterocycles. The van der Waals surface area contributed by atoms with Crippen LogP contribution in [0, 0.1) is 0 Å². The molecule has 4 aromatic rings. The first-order chi connectivity index (χ1) is 20.4. The van der Waals surface area contributed by atoms with E-state index in [0.717, 1.165) is 34.1 Å². The van der Waals surface area contributed by atoms with E-state index in [9.17, 15) is 14.7 Å². The van der Waals surface area contributed by atoms with Crippen molar-refractivity contribution in [1.29, 1.82) is 0 Å². The van der Waals surface area contributed by atoms with E-state index in [1.165, 1.54) is 5.56 Å². The number of ketones is 1. The highest BCUT2D eigenvalue weighted by Crippen LogP contribution is 2.37. The maximum Gasteiger partial charge on any atom is 0.243 e. The summed E-state index contributed by atoms with van der Waals surface area (Å²) in [6, 6.07) is 23.6. The minimum absolute atomic E-state index is 0.0847. The molecule has 3 atom stereocenters. The van der Waals surface area contributed by atoms with Gasteiger partial charge in [-0.05, 0) is 61.7 Å². The predicted molar refractivity (Wildman–Crippen MR) is 169 cm³/mol. The fourth-order valence-corrected chi connectivity index (χ4v) is 6.02. The first-order valence-corrected chi connectivity index (χ1v) is 14.9. The van der Waals surface area contributed by atoms with Gasteiger partial charge in [0.15, 0.2) is 5.78 Å². The highest BCUT2D eigenvalue weighted by molar-refractivity contribution is 6.11. The topological polar surface area (TPSA) is 88.7 Å². The van der Waals surface area contributed by atoms with Gasteiger partial charge in [0.2, 0.25) is 5.91 Å². The predicted octanol–water partition coefficient (Wildman–Crippen LogP) is 4.95. The number of H-pyrrole nitrogens is 1. The first-order valence-electron chi connectivity index (χ1n) is 14.9. The van der Waals surface area contributed by atoms with Gasteiger partial charge in [-0.2, -0.15) is 0 Å². The summed E-state index contributed by atoms with van der Waals surface area (Å²) in [5, 5.41) is 14.4. The van der Waals surface area contributed by atoms with E-state index in [-0.39, 0.29) is 24.2 Å². The fourth-order valence-electron chi connectivity index (χ4n) is 6.02. The van der Waals surface area contributed by atoms with Gasteiger partial charge < -0.3 is 25.2 Å². The number of aromatic nitrogens is 1. The zero-order valence-corrected chi connectivity index (χ0v) is 24.8. The average Bonchev–Trinajstić information content (AvgIpc) is 3.44. The summed E-state index contributed by atoms with van der Waals surface area (Å²) >= 11 is 0. The number of aliphatic hydroxyl groups excluding tert-OH is 1. The Morgan fingerprint density at radius 2 is 1.76 bits per heavy atom. The Balaban J connectivity index is 1.61. The van der Waals surface area contributed by atoms with Gasteiger partial charge in [-0.3, -0.25) is 9.59 Å². The van der Waals surface area contributed by atoms with Crippen LogP contribution in [0.15, 0.2) is 79.0 Å². The third-order valence-corrected chi connectivity index (χ3v) is 8.45. The number of anilines is 1. The molecule has 0 radical (unpaired) electrons. The third-order valence-electron chi connectivity index (χ3n) is 8.45. The summed E-state index contributed by atoms with van der Waals surface area (Å²) in [4.78, 5) is 35.0. The quantitative estimate of drug-likeness (QED) is 0.224. The summed E-state index contributed by atoms with van der Waals surface area (Å²) in [5.41, 5.74) is 5.73. The van der Waals surface area contributed by atoms with Crippen molar-refractivity contribution >= 4 is 28.3 Å². The number of benzene rings is 3. The van der Waals surface area contributed by atoms with Gasteiger partial charge in [0.1, 0.15) is 6.04 Å². The van der Waals surface area contributed by atoms with Crippen molar-refractivity contribution in [3.05, 3.63) is 101 Å². The molecule has 1 aliphatic heterocycles. The summed E-state index contributed by atoms with van der Waals surface area (Å²) in [5.74, 6) is 0.276. The van der Waals surface area contributed by atoms with Crippen molar-refractivity contribution in [3.63, 3.8) is 0 Å². The number of Topliss-reactive ketones (excluding diaryl/α,β-unsaturated/α-hetero) is 1. The lowest BCUT2D eigenvalue weighted by Crippen LogP contribution is -2.52. The molecule has 2 heterocycles. The molecule has 42 heavy (non-hydrogen) atoms. The number of hydrogen-bond donors (Lipinski definition) is 3. The van der Waals surface area contributed by atoms with Gasteiger partial charge in [0.05, 0.1) is 18.2 Å². The Labute approximate surface area is 248 Å². The smallest absolute Gasteiger partial charge is 0.243 e. The summed E-state index contributed by atoms with van der Waals surface area (Å²) in [6.07, 6.45) is 4.20. The van der Waals surface area contributed by atoms with Crippen LogP contribution in [0.4, 0.5) is 5.69 Å². The largest absolute Gasteiger partial charge is 0.394 e. The average molecular weight is 567 g/mol. The molecule has 7 nitrogen and oxygen atoms in total. The van der Waals surface area contributed by atoms with Crippen LogP contribution in [-0.2, 0) is 17.6 Å². The number of nitrogens with one attached hydrogen (secondary N) is 2. The molecule has 220 valence electrons. The highest BCUT2D eigenvalue weighted by atomic mass is 16.3. The molecule has 0 aliphatic carbocycles. The Hall–Kier alpha value is -3.94.